The Morgan fingerprint density at radius 1 is 1.21 bits per heavy atom. The van der Waals surface area contributed by atoms with Gasteiger partial charge < -0.3 is 10.6 Å². The van der Waals surface area contributed by atoms with Crippen LogP contribution in [-0.2, 0) is 0 Å². The lowest BCUT2D eigenvalue weighted by atomic mass is 10.1. The number of hydrogen-bond donors (Lipinski definition) is 1. The molecule has 0 aliphatic heterocycles. The van der Waals surface area contributed by atoms with E-state index < -0.39 is 0 Å². The summed E-state index contributed by atoms with van der Waals surface area (Å²) in [6.07, 6.45) is 1.49. The summed E-state index contributed by atoms with van der Waals surface area (Å²) in [6.45, 7) is 1.99. The van der Waals surface area contributed by atoms with E-state index in [0.717, 1.165) is 5.56 Å². The van der Waals surface area contributed by atoms with E-state index in [9.17, 15) is 4.79 Å². The van der Waals surface area contributed by atoms with Crippen molar-refractivity contribution in [1.29, 1.82) is 0 Å². The van der Waals surface area contributed by atoms with Gasteiger partial charge >= 0.3 is 0 Å². The van der Waals surface area contributed by atoms with Crippen LogP contribution in [0.4, 0.5) is 5.69 Å². The fourth-order valence-electron chi connectivity index (χ4n) is 1.84. The smallest absolute Gasteiger partial charge is 0.272 e. The molecule has 0 saturated heterocycles. The van der Waals surface area contributed by atoms with Gasteiger partial charge in [-0.1, -0.05) is 30.3 Å². The molecular formula is C15H17N3O. The second-order valence-corrected chi connectivity index (χ2v) is 4.48. The number of aromatic nitrogens is 1. The molecule has 0 aliphatic rings. The van der Waals surface area contributed by atoms with Crippen LogP contribution < -0.4 is 5.73 Å². The van der Waals surface area contributed by atoms with E-state index in [-0.39, 0.29) is 11.9 Å². The summed E-state index contributed by atoms with van der Waals surface area (Å²) >= 11 is 0. The molecule has 1 unspecified atom stereocenters. The predicted octanol–water partition coefficient (Wildman–Crippen LogP) is 2.50. The van der Waals surface area contributed by atoms with Gasteiger partial charge in [-0.05, 0) is 24.6 Å². The number of anilines is 1. The van der Waals surface area contributed by atoms with Gasteiger partial charge in [0.15, 0.2) is 0 Å². The summed E-state index contributed by atoms with van der Waals surface area (Å²) in [5.41, 5.74) is 7.61. The molecule has 2 aromatic rings. The zero-order valence-corrected chi connectivity index (χ0v) is 11.1. The first-order valence-electron chi connectivity index (χ1n) is 6.13. The van der Waals surface area contributed by atoms with Gasteiger partial charge in [0.25, 0.3) is 5.91 Å². The van der Waals surface area contributed by atoms with Gasteiger partial charge in [-0.25, -0.2) is 4.98 Å². The van der Waals surface area contributed by atoms with Crippen LogP contribution in [-0.4, -0.2) is 22.8 Å². The number of pyridine rings is 1. The molecular weight excluding hydrogens is 238 g/mol. The maximum atomic E-state index is 12.3. The third kappa shape index (κ3) is 2.91. The predicted molar refractivity (Wildman–Crippen MR) is 75.6 cm³/mol. The summed E-state index contributed by atoms with van der Waals surface area (Å²) in [5, 5.41) is 0. The van der Waals surface area contributed by atoms with Crippen LogP contribution in [0, 0.1) is 0 Å². The van der Waals surface area contributed by atoms with Crippen LogP contribution in [0.1, 0.15) is 29.0 Å². The number of nitrogens with two attached hydrogens (primary N) is 1. The van der Waals surface area contributed by atoms with Gasteiger partial charge in [-0.15, -0.1) is 0 Å². The molecule has 2 N–H and O–H groups in total. The van der Waals surface area contributed by atoms with E-state index >= 15 is 0 Å². The second-order valence-electron chi connectivity index (χ2n) is 4.48. The van der Waals surface area contributed by atoms with Crippen molar-refractivity contribution in [2.45, 2.75) is 13.0 Å². The molecule has 0 saturated carbocycles. The fourth-order valence-corrected chi connectivity index (χ4v) is 1.84. The lowest BCUT2D eigenvalue weighted by Gasteiger charge is -2.25. The van der Waals surface area contributed by atoms with Crippen molar-refractivity contribution in [2.24, 2.45) is 0 Å². The normalized spacial score (nSPS) is 11.9. The van der Waals surface area contributed by atoms with Gasteiger partial charge in [0.05, 0.1) is 17.9 Å². The van der Waals surface area contributed by atoms with E-state index in [2.05, 4.69) is 4.98 Å². The first kappa shape index (κ1) is 13.1. The first-order valence-corrected chi connectivity index (χ1v) is 6.13. The molecule has 0 aliphatic carbocycles. The molecule has 0 spiro atoms. The van der Waals surface area contributed by atoms with Crippen LogP contribution in [0.2, 0.25) is 0 Å². The molecule has 0 fully saturated rings. The minimum Gasteiger partial charge on any atom is -0.397 e. The van der Waals surface area contributed by atoms with Crippen LogP contribution in [0.5, 0.6) is 0 Å². The topological polar surface area (TPSA) is 59.2 Å². The van der Waals surface area contributed by atoms with Crippen molar-refractivity contribution < 1.29 is 4.79 Å². The number of carbonyl (C=O) groups excluding carboxylic acids is 1. The van der Waals surface area contributed by atoms with Crippen LogP contribution in [0.25, 0.3) is 0 Å². The van der Waals surface area contributed by atoms with Crippen molar-refractivity contribution >= 4 is 11.6 Å². The molecule has 0 radical (unpaired) electrons. The Labute approximate surface area is 112 Å². The minimum atomic E-state index is -0.114. The SMILES string of the molecule is CC(c1ccccc1)N(C)C(=O)c1ccc(N)cn1. The summed E-state index contributed by atoms with van der Waals surface area (Å²) in [5.74, 6) is -0.114. The molecule has 0 bridgehead atoms. The minimum absolute atomic E-state index is 0.00643. The number of carbonyl (C=O) groups is 1. The average Bonchev–Trinajstić information content (AvgIpc) is 2.46. The van der Waals surface area contributed by atoms with Crippen molar-refractivity contribution in [2.75, 3.05) is 12.8 Å². The fraction of sp³-hybridized carbons (Fsp3) is 0.200. The van der Waals surface area contributed by atoms with Gasteiger partial charge in [-0.2, -0.15) is 0 Å². The van der Waals surface area contributed by atoms with E-state index in [4.69, 9.17) is 5.73 Å². The quantitative estimate of drug-likeness (QED) is 0.916. The number of amides is 1. The standard InChI is InChI=1S/C15H17N3O/c1-11(12-6-4-3-5-7-12)18(2)15(19)14-9-8-13(16)10-17-14/h3-11H,16H2,1-2H3. The molecule has 1 atom stereocenters. The molecule has 1 aromatic heterocycles. The van der Waals surface area contributed by atoms with E-state index in [1.165, 1.54) is 6.20 Å². The number of rotatable bonds is 3. The highest BCUT2D eigenvalue weighted by Crippen LogP contribution is 2.19. The largest absolute Gasteiger partial charge is 0.397 e. The zero-order chi connectivity index (χ0) is 13.8. The van der Waals surface area contributed by atoms with Gasteiger partial charge in [0.2, 0.25) is 0 Å². The Bertz CT molecular complexity index is 551. The lowest BCUT2D eigenvalue weighted by molar-refractivity contribution is 0.0737. The van der Waals surface area contributed by atoms with E-state index in [0.29, 0.717) is 11.4 Å². The Morgan fingerprint density at radius 3 is 2.47 bits per heavy atom. The van der Waals surface area contributed by atoms with Gasteiger partial charge in [0.1, 0.15) is 5.69 Å². The highest BCUT2D eigenvalue weighted by molar-refractivity contribution is 5.92. The highest BCUT2D eigenvalue weighted by atomic mass is 16.2. The molecule has 2 rings (SSSR count). The second kappa shape index (κ2) is 5.52. The number of nitrogen functional groups attached to an aromatic ring is 1. The van der Waals surface area contributed by atoms with Gasteiger partial charge in [0, 0.05) is 7.05 Å². The third-order valence-electron chi connectivity index (χ3n) is 3.19. The van der Waals surface area contributed by atoms with Crippen molar-refractivity contribution in [3.05, 3.63) is 59.9 Å². The Morgan fingerprint density at radius 2 is 1.89 bits per heavy atom. The summed E-state index contributed by atoms with van der Waals surface area (Å²) in [4.78, 5) is 18.0. The number of nitrogens with zero attached hydrogens (tertiary/aromatic N) is 2. The molecule has 4 nitrogen and oxygen atoms in total. The lowest BCUT2D eigenvalue weighted by Crippen LogP contribution is -2.30. The molecule has 19 heavy (non-hydrogen) atoms. The molecule has 98 valence electrons. The van der Waals surface area contributed by atoms with Crippen molar-refractivity contribution in [3.8, 4) is 0 Å². The maximum absolute atomic E-state index is 12.3. The van der Waals surface area contributed by atoms with Crippen LogP contribution in [0.3, 0.4) is 0 Å². The third-order valence-corrected chi connectivity index (χ3v) is 3.19. The number of benzene rings is 1. The monoisotopic (exact) mass is 255 g/mol. The Kier molecular flexibility index (Phi) is 3.80. The van der Waals surface area contributed by atoms with E-state index in [1.807, 2.05) is 37.3 Å². The first-order chi connectivity index (χ1) is 9.09. The Balaban J connectivity index is 2.17. The van der Waals surface area contributed by atoms with Crippen molar-refractivity contribution in [1.82, 2.24) is 9.88 Å². The molecule has 1 amide bonds. The average molecular weight is 255 g/mol. The summed E-state index contributed by atoms with van der Waals surface area (Å²) < 4.78 is 0. The van der Waals surface area contributed by atoms with Crippen LogP contribution in [0.15, 0.2) is 48.7 Å². The van der Waals surface area contributed by atoms with E-state index in [1.54, 1.807) is 24.1 Å². The summed E-state index contributed by atoms with van der Waals surface area (Å²) in [6, 6.07) is 13.2. The summed E-state index contributed by atoms with van der Waals surface area (Å²) in [7, 11) is 1.78. The van der Waals surface area contributed by atoms with Crippen molar-refractivity contribution in [3.63, 3.8) is 0 Å². The van der Waals surface area contributed by atoms with Crippen LogP contribution >= 0.6 is 0 Å². The zero-order valence-electron chi connectivity index (χ0n) is 11.1. The number of hydrogen-bond acceptors (Lipinski definition) is 3. The molecule has 1 aromatic carbocycles. The molecule has 4 heteroatoms. The highest BCUT2D eigenvalue weighted by Gasteiger charge is 2.19. The Hall–Kier alpha value is -2.36. The van der Waals surface area contributed by atoms with Gasteiger partial charge in [-0.3, -0.25) is 4.79 Å². The molecule has 1 heterocycles. The maximum Gasteiger partial charge on any atom is 0.272 e.